The second-order valence-electron chi connectivity index (χ2n) is 13.9. The lowest BCUT2D eigenvalue weighted by atomic mass is 9.74. The third-order valence-electron chi connectivity index (χ3n) is 9.61. The molecular formula is C41H50N6O2. The Kier molecular flexibility index (Phi) is 11.9. The molecule has 49 heavy (non-hydrogen) atoms. The highest BCUT2D eigenvalue weighted by Gasteiger charge is 2.32. The molecular weight excluding hydrogens is 608 g/mol. The van der Waals surface area contributed by atoms with Crippen molar-refractivity contribution in [1.82, 2.24) is 10.2 Å². The fourth-order valence-corrected chi connectivity index (χ4v) is 6.75. The van der Waals surface area contributed by atoms with Crippen LogP contribution in [0.5, 0.6) is 0 Å². The third-order valence-corrected chi connectivity index (χ3v) is 9.61. The summed E-state index contributed by atoms with van der Waals surface area (Å²) >= 11 is 0. The SMILES string of the molecule is CN(Cc1ccccc1)C(=O)C(NC(=O)C(c1ccccc1)c1ccccc1)c1cccc(NC(N)=NCC2CCC(C(C)(C)N)CC2)c1. The molecule has 1 unspecified atom stereocenters. The second kappa shape index (κ2) is 16.4. The number of guanidine groups is 1. The molecule has 0 spiro atoms. The van der Waals surface area contributed by atoms with Gasteiger partial charge in [-0.3, -0.25) is 14.6 Å². The highest BCUT2D eigenvalue weighted by atomic mass is 16.2. The highest BCUT2D eigenvalue weighted by Crippen LogP contribution is 2.34. The van der Waals surface area contributed by atoms with Crippen molar-refractivity contribution in [3.8, 4) is 0 Å². The maximum atomic E-state index is 14.2. The first-order valence-electron chi connectivity index (χ1n) is 17.2. The van der Waals surface area contributed by atoms with E-state index in [1.165, 1.54) is 0 Å². The first-order valence-corrected chi connectivity index (χ1v) is 17.2. The standard InChI is InChI=1S/C41H50N6O2/c1-41(2,43)34-24-22-29(23-25-34)27-44-40(42)45-35-21-13-20-33(26-35)37(39(49)47(3)28-30-14-7-4-8-15-30)46-38(48)36(31-16-9-5-10-17-31)32-18-11-6-12-19-32/h4-21,26,29,34,36-37H,22-25,27-28,43H2,1-3H3,(H,46,48)(H3,42,44,45). The zero-order chi connectivity index (χ0) is 34.8. The van der Waals surface area contributed by atoms with E-state index in [2.05, 4.69) is 29.5 Å². The number of hydrogen-bond donors (Lipinski definition) is 4. The summed E-state index contributed by atoms with van der Waals surface area (Å²) in [5.41, 5.74) is 16.6. The van der Waals surface area contributed by atoms with Crippen molar-refractivity contribution in [1.29, 1.82) is 0 Å². The zero-order valence-electron chi connectivity index (χ0n) is 28.9. The van der Waals surface area contributed by atoms with E-state index in [4.69, 9.17) is 11.5 Å². The Bertz CT molecular complexity index is 1640. The molecule has 8 nitrogen and oxygen atoms in total. The summed E-state index contributed by atoms with van der Waals surface area (Å²) in [5, 5.41) is 6.35. The van der Waals surface area contributed by atoms with Gasteiger partial charge in [-0.05, 0) is 85.8 Å². The lowest BCUT2D eigenvalue weighted by molar-refractivity contribution is -0.136. The van der Waals surface area contributed by atoms with Gasteiger partial charge in [0.05, 0.1) is 5.92 Å². The molecule has 0 heterocycles. The Hall–Kier alpha value is -4.95. The van der Waals surface area contributed by atoms with Gasteiger partial charge in [-0.15, -0.1) is 0 Å². The average molecular weight is 659 g/mol. The normalized spacial score (nSPS) is 17.3. The summed E-state index contributed by atoms with van der Waals surface area (Å²) in [7, 11) is 1.76. The Morgan fingerprint density at radius 3 is 1.94 bits per heavy atom. The van der Waals surface area contributed by atoms with Gasteiger partial charge in [-0.1, -0.05) is 103 Å². The zero-order valence-corrected chi connectivity index (χ0v) is 28.9. The Labute approximate surface area is 291 Å². The van der Waals surface area contributed by atoms with Crippen molar-refractivity contribution in [2.24, 2.45) is 28.3 Å². The molecule has 1 fully saturated rings. The van der Waals surface area contributed by atoms with Gasteiger partial charge in [0.1, 0.15) is 6.04 Å². The van der Waals surface area contributed by atoms with E-state index in [0.717, 1.165) is 42.4 Å². The van der Waals surface area contributed by atoms with Gasteiger partial charge in [0.15, 0.2) is 5.96 Å². The number of carbonyl (C=O) groups excluding carboxylic acids is 2. The number of benzene rings is 4. The number of nitrogens with one attached hydrogen (secondary N) is 2. The van der Waals surface area contributed by atoms with Gasteiger partial charge >= 0.3 is 0 Å². The van der Waals surface area contributed by atoms with Crippen LogP contribution in [0.3, 0.4) is 0 Å². The Balaban J connectivity index is 1.36. The maximum Gasteiger partial charge on any atom is 0.249 e. The Morgan fingerprint density at radius 2 is 1.37 bits per heavy atom. The first-order chi connectivity index (χ1) is 23.6. The van der Waals surface area contributed by atoms with Crippen LogP contribution in [0, 0.1) is 11.8 Å². The van der Waals surface area contributed by atoms with Crippen LogP contribution in [0.15, 0.2) is 120 Å². The van der Waals surface area contributed by atoms with Crippen LogP contribution in [0.25, 0.3) is 0 Å². The van der Waals surface area contributed by atoms with Crippen LogP contribution in [-0.2, 0) is 16.1 Å². The number of likely N-dealkylation sites (N-methyl/N-ethyl adjacent to an activating group) is 1. The van der Waals surface area contributed by atoms with Gasteiger partial charge in [0, 0.05) is 31.4 Å². The number of aliphatic imine (C=N–C) groups is 1. The molecule has 256 valence electrons. The Morgan fingerprint density at radius 1 is 0.816 bits per heavy atom. The topological polar surface area (TPSA) is 126 Å². The molecule has 2 amide bonds. The van der Waals surface area contributed by atoms with Crippen molar-refractivity contribution in [2.45, 2.75) is 63.6 Å². The van der Waals surface area contributed by atoms with Crippen molar-refractivity contribution in [3.63, 3.8) is 0 Å². The van der Waals surface area contributed by atoms with E-state index >= 15 is 0 Å². The minimum Gasteiger partial charge on any atom is -0.370 e. The smallest absolute Gasteiger partial charge is 0.249 e. The lowest BCUT2D eigenvalue weighted by Gasteiger charge is -2.36. The summed E-state index contributed by atoms with van der Waals surface area (Å²) in [4.78, 5) is 34.8. The molecule has 4 aromatic carbocycles. The quantitative estimate of drug-likeness (QED) is 0.101. The van der Waals surface area contributed by atoms with Gasteiger partial charge in [-0.25, -0.2) is 0 Å². The molecule has 1 aliphatic carbocycles. The molecule has 4 aromatic rings. The molecule has 0 radical (unpaired) electrons. The summed E-state index contributed by atoms with van der Waals surface area (Å²) in [6, 6.07) is 35.6. The van der Waals surface area contributed by atoms with E-state index in [1.807, 2.05) is 115 Å². The molecule has 1 saturated carbocycles. The van der Waals surface area contributed by atoms with Crippen molar-refractivity contribution < 1.29 is 9.59 Å². The van der Waals surface area contributed by atoms with E-state index in [9.17, 15) is 9.59 Å². The molecule has 1 atom stereocenters. The molecule has 5 rings (SSSR count). The fourth-order valence-electron chi connectivity index (χ4n) is 6.75. The molecule has 1 aliphatic rings. The van der Waals surface area contributed by atoms with Gasteiger partial charge in [-0.2, -0.15) is 0 Å². The van der Waals surface area contributed by atoms with Crippen LogP contribution in [-0.4, -0.2) is 41.8 Å². The minimum atomic E-state index is -0.946. The van der Waals surface area contributed by atoms with Crippen molar-refractivity contribution in [2.75, 3.05) is 18.9 Å². The van der Waals surface area contributed by atoms with Crippen molar-refractivity contribution >= 4 is 23.5 Å². The fraction of sp³-hybridized carbons (Fsp3) is 0.341. The highest BCUT2D eigenvalue weighted by molar-refractivity contribution is 5.94. The molecule has 0 saturated heterocycles. The molecule has 0 aromatic heterocycles. The van der Waals surface area contributed by atoms with Gasteiger partial charge < -0.3 is 27.0 Å². The number of nitrogens with two attached hydrogens (primary N) is 2. The predicted molar refractivity (Wildman–Crippen MR) is 199 cm³/mol. The maximum absolute atomic E-state index is 14.2. The van der Waals surface area contributed by atoms with Crippen LogP contribution in [0.1, 0.15) is 73.7 Å². The summed E-state index contributed by atoms with van der Waals surface area (Å²) in [6.45, 7) is 5.27. The number of amides is 2. The van der Waals surface area contributed by atoms with Crippen LogP contribution in [0.2, 0.25) is 0 Å². The molecule has 0 aliphatic heterocycles. The first kappa shape index (κ1) is 35.4. The number of rotatable bonds is 12. The monoisotopic (exact) mass is 658 g/mol. The summed E-state index contributed by atoms with van der Waals surface area (Å²) < 4.78 is 0. The largest absolute Gasteiger partial charge is 0.370 e. The average Bonchev–Trinajstić information content (AvgIpc) is 3.11. The minimum absolute atomic E-state index is 0.154. The van der Waals surface area contributed by atoms with Gasteiger partial charge in [0.2, 0.25) is 11.8 Å². The number of hydrogen-bond acceptors (Lipinski definition) is 4. The molecule has 0 bridgehead atoms. The van der Waals surface area contributed by atoms with E-state index in [-0.39, 0.29) is 17.4 Å². The lowest BCUT2D eigenvalue weighted by Crippen LogP contribution is -2.43. The van der Waals surface area contributed by atoms with E-state index < -0.39 is 12.0 Å². The summed E-state index contributed by atoms with van der Waals surface area (Å²) in [5.74, 6) is 0.226. The summed E-state index contributed by atoms with van der Waals surface area (Å²) in [6.07, 6.45) is 4.39. The number of anilines is 1. The second-order valence-corrected chi connectivity index (χ2v) is 13.9. The third kappa shape index (κ3) is 9.80. The van der Waals surface area contributed by atoms with E-state index in [1.54, 1.807) is 11.9 Å². The molecule has 8 heteroatoms. The van der Waals surface area contributed by atoms with E-state index in [0.29, 0.717) is 42.1 Å². The van der Waals surface area contributed by atoms with Crippen LogP contribution >= 0.6 is 0 Å². The van der Waals surface area contributed by atoms with Crippen LogP contribution < -0.4 is 22.1 Å². The molecule has 6 N–H and O–H groups in total. The van der Waals surface area contributed by atoms with Gasteiger partial charge in [0.25, 0.3) is 0 Å². The predicted octanol–water partition coefficient (Wildman–Crippen LogP) is 6.60. The number of carbonyl (C=O) groups is 2. The number of nitrogens with zero attached hydrogens (tertiary/aromatic N) is 2. The van der Waals surface area contributed by atoms with Crippen LogP contribution in [0.4, 0.5) is 5.69 Å². The van der Waals surface area contributed by atoms with Crippen molar-refractivity contribution in [3.05, 3.63) is 138 Å².